The van der Waals surface area contributed by atoms with E-state index in [0.29, 0.717) is 11.7 Å². The van der Waals surface area contributed by atoms with Crippen molar-refractivity contribution in [3.63, 3.8) is 0 Å². The number of imidazole rings is 1. The number of ether oxygens (including phenoxy) is 1. The van der Waals surface area contributed by atoms with Crippen molar-refractivity contribution in [3.8, 4) is 11.4 Å². The number of aliphatic imine (C=N–C) groups is 2. The molecule has 4 rings (SSSR count). The van der Waals surface area contributed by atoms with Gasteiger partial charge in [-0.15, -0.1) is 0 Å². The molecule has 0 saturated heterocycles. The highest BCUT2D eigenvalue weighted by Crippen LogP contribution is 2.27. The molecule has 170 valence electrons. The van der Waals surface area contributed by atoms with Crippen LogP contribution < -0.4 is 10.5 Å². The van der Waals surface area contributed by atoms with Gasteiger partial charge in [0.25, 0.3) is 0 Å². The largest absolute Gasteiger partial charge is 0.495 e. The van der Waals surface area contributed by atoms with Gasteiger partial charge in [0.05, 0.1) is 24.8 Å². The molecule has 0 fully saturated rings. The van der Waals surface area contributed by atoms with Crippen molar-refractivity contribution in [1.82, 2.24) is 9.55 Å². The number of rotatable bonds is 5. The van der Waals surface area contributed by atoms with Gasteiger partial charge in [-0.25, -0.2) is 14.4 Å². The number of nitrogens with two attached hydrogens (primary N) is 1. The van der Waals surface area contributed by atoms with E-state index in [0.717, 1.165) is 53.2 Å². The van der Waals surface area contributed by atoms with Gasteiger partial charge in [0.1, 0.15) is 17.4 Å². The second kappa shape index (κ2) is 9.81. The van der Waals surface area contributed by atoms with Crippen LogP contribution in [-0.4, -0.2) is 34.9 Å². The normalized spacial score (nSPS) is 16.5. The van der Waals surface area contributed by atoms with E-state index in [1.165, 1.54) is 12.1 Å². The van der Waals surface area contributed by atoms with Gasteiger partial charge >= 0.3 is 0 Å². The minimum Gasteiger partial charge on any atom is -0.495 e. The molecule has 0 bridgehead atoms. The van der Waals surface area contributed by atoms with E-state index in [1.807, 2.05) is 42.8 Å². The Labute approximate surface area is 193 Å². The molecule has 3 aromatic rings. The monoisotopic (exact) mass is 445 g/mol. The van der Waals surface area contributed by atoms with Crippen LogP contribution in [0.4, 0.5) is 4.39 Å². The summed E-state index contributed by atoms with van der Waals surface area (Å²) in [5.74, 6) is 1.45. The zero-order valence-electron chi connectivity index (χ0n) is 19.1. The Hall–Kier alpha value is -3.74. The van der Waals surface area contributed by atoms with Gasteiger partial charge in [-0.2, -0.15) is 0 Å². The maximum atomic E-state index is 13.3. The van der Waals surface area contributed by atoms with Crippen LogP contribution in [0.2, 0.25) is 0 Å². The Morgan fingerprint density at radius 3 is 2.73 bits per heavy atom. The summed E-state index contributed by atoms with van der Waals surface area (Å²) >= 11 is 0. The predicted molar refractivity (Wildman–Crippen MR) is 131 cm³/mol. The molecule has 1 aliphatic rings. The first-order valence-electron chi connectivity index (χ1n) is 11.0. The summed E-state index contributed by atoms with van der Waals surface area (Å²) in [6.45, 7) is 4.63. The summed E-state index contributed by atoms with van der Waals surface area (Å²) in [4.78, 5) is 13.6. The van der Waals surface area contributed by atoms with Gasteiger partial charge in [-0.1, -0.05) is 25.1 Å². The molecule has 0 saturated carbocycles. The Morgan fingerprint density at radius 1 is 1.24 bits per heavy atom. The summed E-state index contributed by atoms with van der Waals surface area (Å²) in [6.07, 6.45) is 7.65. The van der Waals surface area contributed by atoms with Gasteiger partial charge in [-0.3, -0.25) is 4.99 Å². The van der Waals surface area contributed by atoms with Gasteiger partial charge < -0.3 is 15.0 Å². The fraction of sp³-hybridized carbons (Fsp3) is 0.269. The summed E-state index contributed by atoms with van der Waals surface area (Å²) < 4.78 is 20.8. The molecule has 0 radical (unpaired) electrons. The Bertz CT molecular complexity index is 1220. The van der Waals surface area contributed by atoms with E-state index in [-0.39, 0.29) is 11.7 Å². The maximum absolute atomic E-state index is 13.3. The number of methoxy groups -OCH3 is 1. The number of nitrogens with zero attached hydrogens (tertiary/aromatic N) is 4. The number of halogens is 1. The van der Waals surface area contributed by atoms with E-state index >= 15 is 0 Å². The Morgan fingerprint density at radius 2 is 2.03 bits per heavy atom. The lowest BCUT2D eigenvalue weighted by atomic mass is 9.99. The first-order valence-corrected chi connectivity index (χ1v) is 11.0. The molecule has 2 N–H and O–H groups in total. The van der Waals surface area contributed by atoms with Gasteiger partial charge in [0, 0.05) is 18.7 Å². The van der Waals surface area contributed by atoms with Crippen molar-refractivity contribution in [2.75, 3.05) is 13.7 Å². The molecular weight excluding hydrogens is 417 g/mol. The van der Waals surface area contributed by atoms with Gasteiger partial charge in [0.15, 0.2) is 5.84 Å². The van der Waals surface area contributed by atoms with Gasteiger partial charge in [0.2, 0.25) is 0 Å². The molecule has 1 unspecified atom stereocenters. The molecule has 2 heterocycles. The summed E-state index contributed by atoms with van der Waals surface area (Å²) in [7, 11) is 1.66. The highest BCUT2D eigenvalue weighted by atomic mass is 19.1. The van der Waals surface area contributed by atoms with Gasteiger partial charge in [-0.05, 0) is 66.8 Å². The van der Waals surface area contributed by atoms with Crippen LogP contribution in [0.1, 0.15) is 42.5 Å². The lowest BCUT2D eigenvalue weighted by Gasteiger charge is -2.16. The molecule has 0 aliphatic carbocycles. The SMILES string of the molecule is COc1cc(/C=C2\CCCN=C2N=C(N)C(C)c2ccc(F)cc2)ccc1-n1cnc(C)c1. The topological polar surface area (TPSA) is 77.8 Å². The molecule has 6 nitrogen and oxygen atoms in total. The fourth-order valence-electron chi connectivity index (χ4n) is 3.80. The maximum Gasteiger partial charge on any atom is 0.152 e. The Kier molecular flexibility index (Phi) is 6.68. The van der Waals surface area contributed by atoms with Crippen LogP contribution in [-0.2, 0) is 0 Å². The predicted octanol–water partition coefficient (Wildman–Crippen LogP) is 5.07. The van der Waals surface area contributed by atoms with Crippen LogP contribution in [0.5, 0.6) is 5.75 Å². The molecule has 2 aromatic carbocycles. The number of benzene rings is 2. The van der Waals surface area contributed by atoms with E-state index in [9.17, 15) is 4.39 Å². The van der Waals surface area contributed by atoms with Crippen LogP contribution in [0.25, 0.3) is 11.8 Å². The highest BCUT2D eigenvalue weighted by Gasteiger charge is 2.16. The van der Waals surface area contributed by atoms with E-state index in [4.69, 9.17) is 10.5 Å². The molecule has 33 heavy (non-hydrogen) atoms. The molecule has 1 aliphatic heterocycles. The number of amidine groups is 2. The average molecular weight is 446 g/mol. The molecule has 0 amide bonds. The standard InChI is InChI=1S/C26H28FN5O/c1-17-15-32(16-30-17)23-11-6-19(14-24(23)33-3)13-21-5-4-12-29-26(21)31-25(28)18(2)20-7-9-22(27)10-8-20/h6-11,13-16,18H,4-5,12H2,1-3H3,(H2,28,29,31)/b21-13+. The zero-order chi connectivity index (χ0) is 23.4. The number of hydrogen-bond acceptors (Lipinski definition) is 4. The van der Waals surface area contributed by atoms with Crippen LogP contribution >= 0.6 is 0 Å². The lowest BCUT2D eigenvalue weighted by Crippen LogP contribution is -2.23. The van der Waals surface area contributed by atoms with Crippen molar-refractivity contribution in [2.45, 2.75) is 32.6 Å². The fourth-order valence-corrected chi connectivity index (χ4v) is 3.80. The second-order valence-electron chi connectivity index (χ2n) is 8.14. The van der Waals surface area contributed by atoms with E-state index in [2.05, 4.69) is 21.0 Å². The molecule has 1 atom stereocenters. The number of hydrogen-bond donors (Lipinski definition) is 1. The summed E-state index contributed by atoms with van der Waals surface area (Å²) in [6, 6.07) is 12.4. The first-order chi connectivity index (χ1) is 15.9. The van der Waals surface area contributed by atoms with Crippen LogP contribution in [0.15, 0.2) is 70.5 Å². The smallest absolute Gasteiger partial charge is 0.152 e. The summed E-state index contributed by atoms with van der Waals surface area (Å²) in [5.41, 5.74) is 11.1. The molecule has 7 heteroatoms. The lowest BCUT2D eigenvalue weighted by molar-refractivity contribution is 0.413. The van der Waals surface area contributed by atoms with E-state index < -0.39 is 0 Å². The third kappa shape index (κ3) is 5.19. The van der Waals surface area contributed by atoms with Crippen LogP contribution in [0, 0.1) is 12.7 Å². The second-order valence-corrected chi connectivity index (χ2v) is 8.14. The van der Waals surface area contributed by atoms with Crippen molar-refractivity contribution < 1.29 is 9.13 Å². The third-order valence-electron chi connectivity index (χ3n) is 5.74. The molecule has 0 spiro atoms. The quantitative estimate of drug-likeness (QED) is 0.440. The van der Waals surface area contributed by atoms with Crippen molar-refractivity contribution in [1.29, 1.82) is 0 Å². The van der Waals surface area contributed by atoms with Crippen molar-refractivity contribution >= 4 is 17.7 Å². The van der Waals surface area contributed by atoms with Crippen molar-refractivity contribution in [3.05, 3.63) is 83.2 Å². The zero-order valence-corrected chi connectivity index (χ0v) is 19.1. The third-order valence-corrected chi connectivity index (χ3v) is 5.74. The van der Waals surface area contributed by atoms with E-state index in [1.54, 1.807) is 25.6 Å². The molecular formula is C26H28FN5O. The minimum absolute atomic E-state index is 0.144. The summed E-state index contributed by atoms with van der Waals surface area (Å²) in [5, 5.41) is 0. The van der Waals surface area contributed by atoms with Crippen molar-refractivity contribution in [2.24, 2.45) is 15.7 Å². The highest BCUT2D eigenvalue weighted by molar-refractivity contribution is 6.09. The minimum atomic E-state index is -0.270. The number of aryl methyl sites for hydroxylation is 1. The number of aromatic nitrogens is 2. The average Bonchev–Trinajstić information content (AvgIpc) is 3.26. The molecule has 1 aromatic heterocycles. The first kappa shape index (κ1) is 22.5. The van der Waals surface area contributed by atoms with Crippen LogP contribution in [0.3, 0.4) is 0 Å². The Balaban J connectivity index is 1.61.